The number of thiophene rings is 1. The fourth-order valence-electron chi connectivity index (χ4n) is 1.83. The largest absolute Gasteiger partial charge is 0.339 e. The van der Waals surface area contributed by atoms with Gasteiger partial charge in [0.1, 0.15) is 0 Å². The van der Waals surface area contributed by atoms with Gasteiger partial charge in [-0.2, -0.15) is 4.98 Å². The number of benzene rings is 1. The van der Waals surface area contributed by atoms with Crippen LogP contribution in [0.4, 0.5) is 5.69 Å². The van der Waals surface area contributed by atoms with Gasteiger partial charge >= 0.3 is 0 Å². The van der Waals surface area contributed by atoms with Gasteiger partial charge in [-0.1, -0.05) is 29.4 Å². The molecule has 0 bridgehead atoms. The highest BCUT2D eigenvalue weighted by Crippen LogP contribution is 2.21. The number of anilines is 1. The molecule has 0 spiro atoms. The summed E-state index contributed by atoms with van der Waals surface area (Å²) >= 11 is 1.55. The Labute approximate surface area is 125 Å². The van der Waals surface area contributed by atoms with E-state index >= 15 is 0 Å². The minimum Gasteiger partial charge on any atom is -0.339 e. The SMILES string of the molecule is O=C(CCc1nc(-c2cccs2)no1)Nc1ccccc1. The van der Waals surface area contributed by atoms with Crippen LogP contribution in [0.2, 0.25) is 0 Å². The molecule has 106 valence electrons. The third kappa shape index (κ3) is 3.55. The number of aromatic nitrogens is 2. The van der Waals surface area contributed by atoms with Gasteiger partial charge in [0.05, 0.1) is 4.88 Å². The summed E-state index contributed by atoms with van der Waals surface area (Å²) in [6.45, 7) is 0. The number of hydrogen-bond donors (Lipinski definition) is 1. The predicted molar refractivity (Wildman–Crippen MR) is 81.0 cm³/mol. The maximum absolute atomic E-state index is 11.8. The first-order valence-corrected chi connectivity index (χ1v) is 7.40. The molecule has 0 radical (unpaired) electrons. The van der Waals surface area contributed by atoms with Crippen LogP contribution in [0.5, 0.6) is 0 Å². The van der Waals surface area contributed by atoms with Crippen molar-refractivity contribution in [3.05, 3.63) is 53.7 Å². The zero-order valence-electron chi connectivity index (χ0n) is 11.2. The summed E-state index contributed by atoms with van der Waals surface area (Å²) in [7, 11) is 0. The Bertz CT molecular complexity index is 708. The van der Waals surface area contributed by atoms with Gasteiger partial charge in [0.2, 0.25) is 17.6 Å². The van der Waals surface area contributed by atoms with Gasteiger partial charge in [0.25, 0.3) is 0 Å². The molecule has 0 saturated carbocycles. The molecule has 0 fully saturated rings. The number of carbonyl (C=O) groups is 1. The number of para-hydroxylation sites is 1. The van der Waals surface area contributed by atoms with Gasteiger partial charge in [-0.25, -0.2) is 0 Å². The molecule has 1 aromatic carbocycles. The first kappa shape index (κ1) is 13.5. The second-order valence-corrected chi connectivity index (χ2v) is 5.35. The normalized spacial score (nSPS) is 10.5. The van der Waals surface area contributed by atoms with Crippen LogP contribution in [0, 0.1) is 0 Å². The van der Waals surface area contributed by atoms with Crippen molar-refractivity contribution >= 4 is 22.9 Å². The van der Waals surface area contributed by atoms with Crippen molar-refractivity contribution in [1.29, 1.82) is 0 Å². The van der Waals surface area contributed by atoms with E-state index in [-0.39, 0.29) is 5.91 Å². The third-order valence-electron chi connectivity index (χ3n) is 2.83. The van der Waals surface area contributed by atoms with Gasteiger partial charge in [0, 0.05) is 18.5 Å². The Kier molecular flexibility index (Phi) is 4.07. The van der Waals surface area contributed by atoms with E-state index < -0.39 is 0 Å². The first-order chi connectivity index (χ1) is 10.3. The summed E-state index contributed by atoms with van der Waals surface area (Å²) in [4.78, 5) is 17.1. The van der Waals surface area contributed by atoms with E-state index in [2.05, 4.69) is 15.5 Å². The van der Waals surface area contributed by atoms with E-state index in [9.17, 15) is 4.79 Å². The summed E-state index contributed by atoms with van der Waals surface area (Å²) in [5.41, 5.74) is 0.785. The Hall–Kier alpha value is -2.47. The van der Waals surface area contributed by atoms with Crippen molar-refractivity contribution in [3.63, 3.8) is 0 Å². The van der Waals surface area contributed by atoms with Gasteiger partial charge in [-0.3, -0.25) is 4.79 Å². The third-order valence-corrected chi connectivity index (χ3v) is 3.70. The molecule has 3 aromatic rings. The van der Waals surface area contributed by atoms with E-state index in [1.165, 1.54) is 0 Å². The lowest BCUT2D eigenvalue weighted by Gasteiger charge is -2.02. The molecule has 3 rings (SSSR count). The number of rotatable bonds is 5. The smallest absolute Gasteiger partial charge is 0.227 e. The standard InChI is InChI=1S/C15H13N3O2S/c19-13(16-11-5-2-1-3-6-11)8-9-14-17-15(18-20-14)12-7-4-10-21-12/h1-7,10H,8-9H2,(H,16,19). The average molecular weight is 299 g/mol. The molecule has 0 aliphatic heterocycles. The number of amides is 1. The zero-order chi connectivity index (χ0) is 14.5. The van der Waals surface area contributed by atoms with Crippen LogP contribution >= 0.6 is 11.3 Å². The first-order valence-electron chi connectivity index (χ1n) is 6.52. The van der Waals surface area contributed by atoms with E-state index in [0.717, 1.165) is 10.6 Å². The fourth-order valence-corrected chi connectivity index (χ4v) is 2.48. The maximum Gasteiger partial charge on any atom is 0.227 e. The highest BCUT2D eigenvalue weighted by Gasteiger charge is 2.11. The summed E-state index contributed by atoms with van der Waals surface area (Å²) in [6.07, 6.45) is 0.734. The van der Waals surface area contributed by atoms with Crippen molar-refractivity contribution < 1.29 is 9.32 Å². The molecule has 0 aliphatic carbocycles. The minimum atomic E-state index is -0.0722. The van der Waals surface area contributed by atoms with Gasteiger partial charge < -0.3 is 9.84 Å². The van der Waals surface area contributed by atoms with E-state index in [4.69, 9.17) is 4.52 Å². The molecule has 6 heteroatoms. The topological polar surface area (TPSA) is 68.0 Å². The highest BCUT2D eigenvalue weighted by molar-refractivity contribution is 7.13. The lowest BCUT2D eigenvalue weighted by Crippen LogP contribution is -2.12. The van der Waals surface area contributed by atoms with Crippen LogP contribution in [0.1, 0.15) is 12.3 Å². The number of hydrogen-bond acceptors (Lipinski definition) is 5. The molecule has 0 unspecified atom stereocenters. The van der Waals surface area contributed by atoms with Crippen LogP contribution in [-0.2, 0) is 11.2 Å². The highest BCUT2D eigenvalue weighted by atomic mass is 32.1. The predicted octanol–water partition coefficient (Wildman–Crippen LogP) is 3.37. The second kappa shape index (κ2) is 6.32. The van der Waals surface area contributed by atoms with Crippen molar-refractivity contribution in [2.45, 2.75) is 12.8 Å². The molecule has 21 heavy (non-hydrogen) atoms. The quantitative estimate of drug-likeness (QED) is 0.784. The molecular formula is C15H13N3O2S. The Balaban J connectivity index is 1.54. The average Bonchev–Trinajstić information content (AvgIpc) is 3.17. The van der Waals surface area contributed by atoms with Crippen molar-refractivity contribution in [3.8, 4) is 10.7 Å². The maximum atomic E-state index is 11.8. The van der Waals surface area contributed by atoms with Gasteiger partial charge in [-0.15, -0.1) is 11.3 Å². The molecule has 2 heterocycles. The fraction of sp³-hybridized carbons (Fsp3) is 0.133. The number of carbonyl (C=O) groups excluding carboxylic acids is 1. The Morgan fingerprint density at radius 2 is 2.05 bits per heavy atom. The zero-order valence-corrected chi connectivity index (χ0v) is 12.0. The Morgan fingerprint density at radius 1 is 1.19 bits per heavy atom. The van der Waals surface area contributed by atoms with Gasteiger partial charge in [0.15, 0.2) is 0 Å². The van der Waals surface area contributed by atoms with Crippen LogP contribution in [-0.4, -0.2) is 16.0 Å². The molecule has 0 saturated heterocycles. The number of nitrogens with zero attached hydrogens (tertiary/aromatic N) is 2. The number of nitrogens with one attached hydrogen (secondary N) is 1. The van der Waals surface area contributed by atoms with E-state index in [1.54, 1.807) is 11.3 Å². The number of aryl methyl sites for hydroxylation is 1. The minimum absolute atomic E-state index is 0.0722. The molecule has 1 amide bonds. The summed E-state index contributed by atoms with van der Waals surface area (Å²) in [6, 6.07) is 13.2. The van der Waals surface area contributed by atoms with Crippen LogP contribution in [0.25, 0.3) is 10.7 Å². The summed E-state index contributed by atoms with van der Waals surface area (Å²) < 4.78 is 5.15. The van der Waals surface area contributed by atoms with Crippen molar-refractivity contribution in [1.82, 2.24) is 10.1 Å². The van der Waals surface area contributed by atoms with Crippen LogP contribution in [0.3, 0.4) is 0 Å². The Morgan fingerprint density at radius 3 is 2.81 bits per heavy atom. The van der Waals surface area contributed by atoms with Crippen LogP contribution in [0.15, 0.2) is 52.4 Å². The van der Waals surface area contributed by atoms with Gasteiger partial charge in [-0.05, 0) is 23.6 Å². The van der Waals surface area contributed by atoms with Crippen molar-refractivity contribution in [2.75, 3.05) is 5.32 Å². The molecule has 0 aliphatic rings. The van der Waals surface area contributed by atoms with Crippen molar-refractivity contribution in [2.24, 2.45) is 0 Å². The molecule has 2 aromatic heterocycles. The molecule has 5 nitrogen and oxygen atoms in total. The summed E-state index contributed by atoms with van der Waals surface area (Å²) in [5.74, 6) is 0.974. The lowest BCUT2D eigenvalue weighted by molar-refractivity contribution is -0.116. The lowest BCUT2D eigenvalue weighted by atomic mass is 10.2. The monoisotopic (exact) mass is 299 g/mol. The molecule has 1 N–H and O–H groups in total. The van der Waals surface area contributed by atoms with E-state index in [1.807, 2.05) is 47.8 Å². The van der Waals surface area contributed by atoms with Crippen LogP contribution < -0.4 is 5.32 Å². The molecule has 0 atom stereocenters. The molecular weight excluding hydrogens is 286 g/mol. The van der Waals surface area contributed by atoms with E-state index in [0.29, 0.717) is 24.6 Å². The summed E-state index contributed by atoms with van der Waals surface area (Å²) in [5, 5.41) is 8.69. The second-order valence-electron chi connectivity index (χ2n) is 4.40.